The molecular weight excluding hydrogens is 214 g/mol. The molecule has 0 radical (unpaired) electrons. The average molecular weight is 233 g/mol. The third-order valence-corrected chi connectivity index (χ3v) is 2.87. The number of azide groups is 1. The molecule has 0 saturated carbocycles. The quantitative estimate of drug-likeness (QED) is 0.358. The minimum Gasteiger partial charge on any atom is -0.388 e. The van der Waals surface area contributed by atoms with Crippen molar-refractivity contribution in [1.29, 1.82) is 0 Å². The minimum atomic E-state index is -0.468. The summed E-state index contributed by atoms with van der Waals surface area (Å²) in [5, 5.41) is 13.6. The van der Waals surface area contributed by atoms with E-state index in [1.54, 1.807) is 0 Å². The van der Waals surface area contributed by atoms with Gasteiger partial charge in [0.2, 0.25) is 0 Å². The zero-order valence-corrected chi connectivity index (χ0v) is 10.6. The molecule has 1 aromatic rings. The first-order valence-electron chi connectivity index (χ1n) is 5.83. The van der Waals surface area contributed by atoms with Crippen molar-refractivity contribution in [2.24, 2.45) is 5.11 Å². The predicted octanol–water partition coefficient (Wildman–Crippen LogP) is 3.74. The van der Waals surface area contributed by atoms with E-state index >= 15 is 0 Å². The largest absolute Gasteiger partial charge is 0.388 e. The topological polar surface area (TPSA) is 69.0 Å². The molecule has 0 aromatic heterocycles. The number of nitrogens with zero attached hydrogens (tertiary/aromatic N) is 3. The Kier molecular flexibility index (Phi) is 5.01. The molecule has 1 N–H and O–H groups in total. The maximum atomic E-state index is 10.1. The van der Waals surface area contributed by atoms with Gasteiger partial charge in [-0.1, -0.05) is 22.8 Å². The van der Waals surface area contributed by atoms with Gasteiger partial charge in [0.1, 0.15) is 0 Å². The van der Waals surface area contributed by atoms with Gasteiger partial charge in [0.15, 0.2) is 0 Å². The van der Waals surface area contributed by atoms with Crippen LogP contribution in [0.15, 0.2) is 17.2 Å². The molecule has 1 atom stereocenters. The number of hydrogen-bond acceptors (Lipinski definition) is 2. The van der Waals surface area contributed by atoms with Gasteiger partial charge in [-0.2, -0.15) is 0 Å². The van der Waals surface area contributed by atoms with Crippen molar-refractivity contribution >= 4 is 0 Å². The zero-order chi connectivity index (χ0) is 12.8. The highest BCUT2D eigenvalue weighted by atomic mass is 16.3. The molecule has 0 fully saturated rings. The first-order valence-corrected chi connectivity index (χ1v) is 5.83. The van der Waals surface area contributed by atoms with Gasteiger partial charge >= 0.3 is 0 Å². The van der Waals surface area contributed by atoms with Gasteiger partial charge in [-0.25, -0.2) is 0 Å². The second-order valence-corrected chi connectivity index (χ2v) is 4.42. The first-order chi connectivity index (χ1) is 8.06. The number of aryl methyl sites for hydroxylation is 3. The molecule has 0 bridgehead atoms. The molecule has 1 rings (SSSR count). The summed E-state index contributed by atoms with van der Waals surface area (Å²) in [5.41, 5.74) is 12.6. The summed E-state index contributed by atoms with van der Waals surface area (Å²) in [6.45, 7) is 6.53. The van der Waals surface area contributed by atoms with Crippen LogP contribution in [0.4, 0.5) is 0 Å². The Morgan fingerprint density at radius 3 is 2.41 bits per heavy atom. The molecule has 4 heteroatoms. The third kappa shape index (κ3) is 3.77. The van der Waals surface area contributed by atoms with E-state index < -0.39 is 6.10 Å². The number of aliphatic hydroxyl groups excluding tert-OH is 1. The summed E-state index contributed by atoms with van der Waals surface area (Å²) in [4.78, 5) is 2.70. The van der Waals surface area contributed by atoms with Crippen LogP contribution in [-0.2, 0) is 0 Å². The van der Waals surface area contributed by atoms with Gasteiger partial charge < -0.3 is 5.11 Å². The lowest BCUT2D eigenvalue weighted by Gasteiger charge is -2.17. The Hall–Kier alpha value is -1.51. The van der Waals surface area contributed by atoms with Crippen molar-refractivity contribution in [3.8, 4) is 0 Å². The van der Waals surface area contributed by atoms with Crippen LogP contribution >= 0.6 is 0 Å². The fraction of sp³-hybridized carbons (Fsp3) is 0.538. The molecule has 0 amide bonds. The Labute approximate surface area is 102 Å². The van der Waals surface area contributed by atoms with E-state index in [-0.39, 0.29) is 0 Å². The van der Waals surface area contributed by atoms with E-state index in [2.05, 4.69) is 29.1 Å². The SMILES string of the molecule is Cc1cc(C)c(C(O)CCCN=[N+]=[N-])c(C)c1. The molecule has 17 heavy (non-hydrogen) atoms. The second-order valence-electron chi connectivity index (χ2n) is 4.42. The van der Waals surface area contributed by atoms with Gasteiger partial charge in [0.05, 0.1) is 6.10 Å². The summed E-state index contributed by atoms with van der Waals surface area (Å²) < 4.78 is 0. The van der Waals surface area contributed by atoms with Crippen LogP contribution in [0.5, 0.6) is 0 Å². The van der Waals surface area contributed by atoms with E-state index in [1.165, 1.54) is 5.56 Å². The van der Waals surface area contributed by atoms with Crippen LogP contribution in [-0.4, -0.2) is 11.7 Å². The lowest BCUT2D eigenvalue weighted by atomic mass is 9.93. The van der Waals surface area contributed by atoms with E-state index in [0.717, 1.165) is 16.7 Å². The zero-order valence-electron chi connectivity index (χ0n) is 10.6. The van der Waals surface area contributed by atoms with Gasteiger partial charge in [-0.05, 0) is 55.8 Å². The third-order valence-electron chi connectivity index (χ3n) is 2.87. The van der Waals surface area contributed by atoms with Gasteiger partial charge in [0.25, 0.3) is 0 Å². The Balaban J connectivity index is 2.74. The van der Waals surface area contributed by atoms with Crippen LogP contribution in [0.3, 0.4) is 0 Å². The molecule has 0 spiro atoms. The van der Waals surface area contributed by atoms with Crippen molar-refractivity contribution in [2.45, 2.75) is 39.7 Å². The maximum absolute atomic E-state index is 10.1. The highest BCUT2D eigenvalue weighted by Gasteiger charge is 2.13. The average Bonchev–Trinajstić information content (AvgIpc) is 2.23. The Bertz CT molecular complexity index is 413. The molecule has 4 nitrogen and oxygen atoms in total. The lowest BCUT2D eigenvalue weighted by molar-refractivity contribution is 0.164. The smallest absolute Gasteiger partial charge is 0.0795 e. The van der Waals surface area contributed by atoms with Crippen LogP contribution < -0.4 is 0 Å². The van der Waals surface area contributed by atoms with Crippen molar-refractivity contribution in [2.75, 3.05) is 6.54 Å². The Morgan fingerprint density at radius 1 is 1.29 bits per heavy atom. The normalized spacial score (nSPS) is 12.0. The van der Waals surface area contributed by atoms with Crippen LogP contribution in [0.2, 0.25) is 0 Å². The molecule has 0 aliphatic carbocycles. The van der Waals surface area contributed by atoms with E-state index in [9.17, 15) is 5.11 Å². The van der Waals surface area contributed by atoms with Crippen LogP contribution in [0.1, 0.15) is 41.2 Å². The summed E-state index contributed by atoms with van der Waals surface area (Å²) in [6.07, 6.45) is 0.867. The molecule has 0 saturated heterocycles. The van der Waals surface area contributed by atoms with E-state index in [1.807, 2.05) is 13.8 Å². The monoisotopic (exact) mass is 233 g/mol. The molecule has 92 valence electrons. The summed E-state index contributed by atoms with van der Waals surface area (Å²) >= 11 is 0. The van der Waals surface area contributed by atoms with Crippen molar-refractivity contribution < 1.29 is 5.11 Å². The Morgan fingerprint density at radius 2 is 1.88 bits per heavy atom. The molecule has 1 unspecified atom stereocenters. The predicted molar refractivity (Wildman–Crippen MR) is 68.9 cm³/mol. The summed E-state index contributed by atoms with van der Waals surface area (Å²) in [5.74, 6) is 0. The van der Waals surface area contributed by atoms with Crippen molar-refractivity contribution in [3.63, 3.8) is 0 Å². The molecule has 1 aromatic carbocycles. The van der Waals surface area contributed by atoms with Crippen molar-refractivity contribution in [3.05, 3.63) is 44.8 Å². The number of aliphatic hydroxyl groups is 1. The maximum Gasteiger partial charge on any atom is 0.0795 e. The molecule has 0 aliphatic rings. The fourth-order valence-corrected chi connectivity index (χ4v) is 2.26. The minimum absolute atomic E-state index is 0.442. The summed E-state index contributed by atoms with van der Waals surface area (Å²) in [7, 11) is 0. The summed E-state index contributed by atoms with van der Waals surface area (Å²) in [6, 6.07) is 4.16. The number of hydrogen-bond donors (Lipinski definition) is 1. The number of benzene rings is 1. The van der Waals surface area contributed by atoms with E-state index in [4.69, 9.17) is 5.53 Å². The second kappa shape index (κ2) is 6.28. The van der Waals surface area contributed by atoms with Crippen LogP contribution in [0.25, 0.3) is 10.4 Å². The van der Waals surface area contributed by atoms with Crippen LogP contribution in [0, 0.1) is 20.8 Å². The van der Waals surface area contributed by atoms with Gasteiger partial charge in [0, 0.05) is 11.5 Å². The molecule has 0 aliphatic heterocycles. The molecular formula is C13H19N3O. The highest BCUT2D eigenvalue weighted by Crippen LogP contribution is 2.26. The van der Waals surface area contributed by atoms with Gasteiger partial charge in [-0.15, -0.1) is 0 Å². The standard InChI is InChI=1S/C13H19N3O/c1-9-7-10(2)13(11(3)8-9)12(17)5-4-6-15-16-14/h7-8,12,17H,4-6H2,1-3H3. The van der Waals surface area contributed by atoms with Crippen molar-refractivity contribution in [1.82, 2.24) is 0 Å². The van der Waals surface area contributed by atoms with Gasteiger partial charge in [-0.3, -0.25) is 0 Å². The lowest BCUT2D eigenvalue weighted by Crippen LogP contribution is -2.04. The fourth-order valence-electron chi connectivity index (χ4n) is 2.26. The van der Waals surface area contributed by atoms with E-state index in [0.29, 0.717) is 19.4 Å². The number of rotatable bonds is 5. The first kappa shape index (κ1) is 13.6. The highest BCUT2D eigenvalue weighted by molar-refractivity contribution is 5.38. The molecule has 0 heterocycles.